The number of likely N-dealkylation sites (tertiary alicyclic amines) is 1. The largest absolute Gasteiger partial charge is 0.342 e. The molecule has 1 saturated heterocycles. The highest BCUT2D eigenvalue weighted by molar-refractivity contribution is 7.99. The lowest BCUT2D eigenvalue weighted by molar-refractivity contribution is -0.129. The fourth-order valence-corrected chi connectivity index (χ4v) is 3.66. The second-order valence-electron chi connectivity index (χ2n) is 5.08. The molecule has 6 heteroatoms. The van der Waals surface area contributed by atoms with Gasteiger partial charge >= 0.3 is 0 Å². The van der Waals surface area contributed by atoms with Gasteiger partial charge in [-0.2, -0.15) is 0 Å². The molecule has 0 aromatic heterocycles. The summed E-state index contributed by atoms with van der Waals surface area (Å²) in [5.41, 5.74) is 0. The van der Waals surface area contributed by atoms with Crippen molar-refractivity contribution >= 4 is 41.7 Å². The van der Waals surface area contributed by atoms with Crippen LogP contribution in [0.3, 0.4) is 0 Å². The van der Waals surface area contributed by atoms with E-state index < -0.39 is 0 Å². The van der Waals surface area contributed by atoms with Crippen LogP contribution in [-0.4, -0.2) is 43.2 Å². The number of hydrogen-bond acceptors (Lipinski definition) is 3. The van der Waals surface area contributed by atoms with Gasteiger partial charge in [0.05, 0.1) is 5.02 Å². The molecular weight excluding hydrogens is 327 g/mol. The summed E-state index contributed by atoms with van der Waals surface area (Å²) >= 11 is 7.75. The number of hydrogen-bond donors (Lipinski definition) is 1. The zero-order valence-corrected chi connectivity index (χ0v) is 14.6. The molecule has 3 nitrogen and oxygen atoms in total. The number of rotatable bonds is 6. The van der Waals surface area contributed by atoms with Crippen molar-refractivity contribution in [3.63, 3.8) is 0 Å². The van der Waals surface area contributed by atoms with Crippen LogP contribution in [0.5, 0.6) is 0 Å². The molecular formula is C15H22Cl2N2OS. The highest BCUT2D eigenvalue weighted by Gasteiger charge is 2.25. The number of nitrogens with one attached hydrogen (secondary N) is 1. The lowest BCUT2D eigenvalue weighted by Gasteiger charge is -2.16. The molecule has 0 radical (unpaired) electrons. The van der Waals surface area contributed by atoms with Crippen LogP contribution >= 0.6 is 35.8 Å². The Morgan fingerprint density at radius 2 is 2.24 bits per heavy atom. The molecule has 1 aromatic rings. The standard InChI is InChI=1S/C15H21ClN2OS.ClH/c1-17-10-12-6-8-18(11-12)15(19)7-9-20-14-5-3-2-4-13(14)16;/h2-5,12,17H,6-11H2,1H3;1H. The first-order valence-electron chi connectivity index (χ1n) is 7.00. The van der Waals surface area contributed by atoms with Crippen LogP contribution in [-0.2, 0) is 4.79 Å². The van der Waals surface area contributed by atoms with Crippen LogP contribution in [0, 0.1) is 5.92 Å². The molecule has 1 N–H and O–H groups in total. The Balaban J connectivity index is 0.00000220. The minimum Gasteiger partial charge on any atom is -0.342 e. The van der Waals surface area contributed by atoms with Crippen LogP contribution in [0.1, 0.15) is 12.8 Å². The fourth-order valence-electron chi connectivity index (χ4n) is 2.48. The van der Waals surface area contributed by atoms with Gasteiger partial charge in [0, 0.05) is 30.2 Å². The monoisotopic (exact) mass is 348 g/mol. The van der Waals surface area contributed by atoms with E-state index in [4.69, 9.17) is 11.6 Å². The molecule has 2 rings (SSSR count). The molecule has 1 fully saturated rings. The Hall–Kier alpha value is -0.420. The molecule has 0 saturated carbocycles. The predicted octanol–water partition coefficient (Wildman–Crippen LogP) is 3.31. The van der Waals surface area contributed by atoms with Gasteiger partial charge in [0.1, 0.15) is 0 Å². The first-order chi connectivity index (χ1) is 9.70. The molecule has 1 atom stereocenters. The molecule has 1 aliphatic rings. The lowest BCUT2D eigenvalue weighted by Crippen LogP contribution is -2.30. The van der Waals surface area contributed by atoms with Gasteiger partial charge in [-0.05, 0) is 38.1 Å². The summed E-state index contributed by atoms with van der Waals surface area (Å²) in [6.45, 7) is 2.80. The van der Waals surface area contributed by atoms with Crippen molar-refractivity contribution in [2.24, 2.45) is 5.92 Å². The van der Waals surface area contributed by atoms with E-state index in [-0.39, 0.29) is 18.3 Å². The van der Waals surface area contributed by atoms with Crippen LogP contribution in [0.15, 0.2) is 29.2 Å². The summed E-state index contributed by atoms with van der Waals surface area (Å²) in [4.78, 5) is 15.2. The third-order valence-electron chi connectivity index (χ3n) is 3.54. The number of thioether (sulfide) groups is 1. The average molecular weight is 349 g/mol. The number of nitrogens with zero attached hydrogens (tertiary/aromatic N) is 1. The van der Waals surface area contributed by atoms with E-state index in [1.165, 1.54) is 0 Å². The van der Waals surface area contributed by atoms with Crippen LogP contribution in [0.2, 0.25) is 5.02 Å². The molecule has 0 bridgehead atoms. The van der Waals surface area contributed by atoms with Crippen molar-refractivity contribution in [3.8, 4) is 0 Å². The van der Waals surface area contributed by atoms with Gasteiger partial charge in [0.25, 0.3) is 0 Å². The predicted molar refractivity (Wildman–Crippen MR) is 92.7 cm³/mol. The van der Waals surface area contributed by atoms with E-state index in [2.05, 4.69) is 5.32 Å². The maximum Gasteiger partial charge on any atom is 0.223 e. The normalized spacial score (nSPS) is 17.6. The van der Waals surface area contributed by atoms with Crippen LogP contribution < -0.4 is 5.32 Å². The molecule has 0 aliphatic carbocycles. The maximum atomic E-state index is 12.1. The fraction of sp³-hybridized carbons (Fsp3) is 0.533. The minimum absolute atomic E-state index is 0. The van der Waals surface area contributed by atoms with E-state index in [1.54, 1.807) is 11.8 Å². The molecule has 1 unspecified atom stereocenters. The Morgan fingerprint density at radius 3 is 2.95 bits per heavy atom. The Morgan fingerprint density at radius 1 is 1.48 bits per heavy atom. The van der Waals surface area contributed by atoms with E-state index in [9.17, 15) is 4.79 Å². The van der Waals surface area contributed by atoms with Gasteiger partial charge in [0.15, 0.2) is 0 Å². The highest BCUT2D eigenvalue weighted by atomic mass is 35.5. The van der Waals surface area contributed by atoms with E-state index in [0.717, 1.165) is 41.7 Å². The SMILES string of the molecule is CNCC1CCN(C(=O)CCSc2ccccc2Cl)C1.Cl. The highest BCUT2D eigenvalue weighted by Crippen LogP contribution is 2.27. The lowest BCUT2D eigenvalue weighted by atomic mass is 10.1. The number of halogens is 2. The van der Waals surface area contributed by atoms with Crippen molar-refractivity contribution in [1.29, 1.82) is 0 Å². The number of carbonyl (C=O) groups is 1. The average Bonchev–Trinajstić information content (AvgIpc) is 2.90. The molecule has 0 spiro atoms. The number of benzene rings is 1. The van der Waals surface area contributed by atoms with Crippen molar-refractivity contribution in [3.05, 3.63) is 29.3 Å². The summed E-state index contributed by atoms with van der Waals surface area (Å²) in [6, 6.07) is 7.77. The Labute approximate surface area is 142 Å². The van der Waals surface area contributed by atoms with Gasteiger partial charge in [-0.1, -0.05) is 23.7 Å². The second-order valence-corrected chi connectivity index (χ2v) is 6.62. The number of carbonyl (C=O) groups excluding carboxylic acids is 1. The van der Waals surface area contributed by atoms with Crippen LogP contribution in [0.25, 0.3) is 0 Å². The smallest absolute Gasteiger partial charge is 0.223 e. The summed E-state index contributed by atoms with van der Waals surface area (Å²) in [5.74, 6) is 1.67. The van der Waals surface area contributed by atoms with Gasteiger partial charge < -0.3 is 10.2 Å². The number of amides is 1. The summed E-state index contributed by atoms with van der Waals surface area (Å²) < 4.78 is 0. The summed E-state index contributed by atoms with van der Waals surface area (Å²) in [6.07, 6.45) is 1.70. The van der Waals surface area contributed by atoms with Gasteiger partial charge in [-0.15, -0.1) is 24.2 Å². The summed E-state index contributed by atoms with van der Waals surface area (Å²) in [5, 5.41) is 3.95. The van der Waals surface area contributed by atoms with Gasteiger partial charge in [-0.25, -0.2) is 0 Å². The molecule has 1 aliphatic heterocycles. The van der Waals surface area contributed by atoms with E-state index in [0.29, 0.717) is 12.3 Å². The van der Waals surface area contributed by atoms with Gasteiger partial charge in [0.2, 0.25) is 5.91 Å². The zero-order valence-electron chi connectivity index (χ0n) is 12.2. The third-order valence-corrected chi connectivity index (χ3v) is 5.06. The van der Waals surface area contributed by atoms with Crippen LogP contribution in [0.4, 0.5) is 0 Å². The Bertz CT molecular complexity index is 459. The Kier molecular flexibility index (Phi) is 8.49. The van der Waals surface area contributed by atoms with E-state index in [1.807, 2.05) is 36.2 Å². The van der Waals surface area contributed by atoms with Gasteiger partial charge in [-0.3, -0.25) is 4.79 Å². The van der Waals surface area contributed by atoms with Crippen molar-refractivity contribution in [1.82, 2.24) is 10.2 Å². The van der Waals surface area contributed by atoms with Crippen molar-refractivity contribution < 1.29 is 4.79 Å². The zero-order chi connectivity index (χ0) is 14.4. The minimum atomic E-state index is 0. The first-order valence-corrected chi connectivity index (χ1v) is 8.36. The third kappa shape index (κ3) is 5.70. The van der Waals surface area contributed by atoms with E-state index >= 15 is 0 Å². The molecule has 1 heterocycles. The molecule has 118 valence electrons. The van der Waals surface area contributed by atoms with Crippen molar-refractivity contribution in [2.45, 2.75) is 17.7 Å². The second kappa shape index (κ2) is 9.57. The molecule has 1 aromatic carbocycles. The molecule has 1 amide bonds. The topological polar surface area (TPSA) is 32.3 Å². The molecule has 21 heavy (non-hydrogen) atoms. The van der Waals surface area contributed by atoms with Crippen molar-refractivity contribution in [2.75, 3.05) is 32.4 Å². The maximum absolute atomic E-state index is 12.1. The first kappa shape index (κ1) is 18.6. The summed E-state index contributed by atoms with van der Waals surface area (Å²) in [7, 11) is 1.96. The quantitative estimate of drug-likeness (QED) is 0.800.